The lowest BCUT2D eigenvalue weighted by molar-refractivity contribution is 0.746. The van der Waals surface area contributed by atoms with Crippen LogP contribution in [-0.4, -0.2) is 14.8 Å². The van der Waals surface area contributed by atoms with Crippen LogP contribution in [0.3, 0.4) is 0 Å². The Balaban J connectivity index is 3.02. The lowest BCUT2D eigenvalue weighted by Crippen LogP contribution is -1.97. The average Bonchev–Trinajstić information content (AvgIpc) is 2.50. The van der Waals surface area contributed by atoms with Crippen LogP contribution >= 0.6 is 0 Å². The summed E-state index contributed by atoms with van der Waals surface area (Å²) in [6.45, 7) is 7.05. The van der Waals surface area contributed by atoms with Crippen LogP contribution in [-0.2, 0) is 6.54 Å². The molecule has 0 amide bonds. The largest absolute Gasteiger partial charge is 0.314 e. The van der Waals surface area contributed by atoms with Gasteiger partial charge in [-0.05, 0) is 26.3 Å². The maximum absolute atomic E-state index is 4.00. The molecular weight excluding hydrogens is 138 g/mol. The van der Waals surface area contributed by atoms with Crippen molar-refractivity contribution in [3.63, 3.8) is 0 Å². The Morgan fingerprint density at radius 3 is 3.00 bits per heavy atom. The van der Waals surface area contributed by atoms with E-state index in [2.05, 4.69) is 17.1 Å². The Labute approximate surface area is 66.8 Å². The van der Waals surface area contributed by atoms with E-state index in [1.807, 2.05) is 24.5 Å². The summed E-state index contributed by atoms with van der Waals surface area (Å²) in [7, 11) is 0. The Kier molecular flexibility index (Phi) is 2.41. The third-order valence-corrected chi connectivity index (χ3v) is 1.74. The van der Waals surface area contributed by atoms with Gasteiger partial charge in [0.15, 0.2) is 5.82 Å². The highest BCUT2D eigenvalue weighted by Crippen LogP contribution is 2.08. The molecule has 3 heteroatoms. The van der Waals surface area contributed by atoms with E-state index in [1.54, 1.807) is 6.33 Å². The molecule has 0 bridgehead atoms. The average molecular weight is 151 g/mol. The molecule has 0 spiro atoms. The van der Waals surface area contributed by atoms with Crippen molar-refractivity contribution in [2.45, 2.75) is 27.3 Å². The van der Waals surface area contributed by atoms with Crippen molar-refractivity contribution in [1.82, 2.24) is 14.8 Å². The Morgan fingerprint density at radius 2 is 2.45 bits per heavy atom. The molecule has 0 aliphatic carbocycles. The van der Waals surface area contributed by atoms with Crippen molar-refractivity contribution in [2.24, 2.45) is 0 Å². The van der Waals surface area contributed by atoms with Crippen molar-refractivity contribution >= 4 is 5.57 Å². The minimum absolute atomic E-state index is 0.924. The number of hydrogen-bond acceptors (Lipinski definition) is 2. The van der Waals surface area contributed by atoms with Crippen molar-refractivity contribution in [3.8, 4) is 0 Å². The van der Waals surface area contributed by atoms with Crippen LogP contribution in [0.4, 0.5) is 0 Å². The fourth-order valence-electron chi connectivity index (χ4n) is 0.921. The number of aryl methyl sites for hydroxylation is 1. The van der Waals surface area contributed by atoms with Gasteiger partial charge in [-0.1, -0.05) is 6.08 Å². The molecule has 1 rings (SSSR count). The van der Waals surface area contributed by atoms with Gasteiger partial charge in [0, 0.05) is 6.54 Å². The quantitative estimate of drug-likeness (QED) is 0.644. The van der Waals surface area contributed by atoms with Crippen molar-refractivity contribution in [1.29, 1.82) is 0 Å². The molecule has 0 aliphatic rings. The minimum Gasteiger partial charge on any atom is -0.314 e. The molecule has 0 saturated carbocycles. The summed E-state index contributed by atoms with van der Waals surface area (Å²) >= 11 is 0. The standard InChI is InChI=1S/C8H13N3/c1-4-7(3)8-10-9-6-11(8)5-2/h4,6H,5H2,1-3H3. The van der Waals surface area contributed by atoms with Gasteiger partial charge in [0.05, 0.1) is 0 Å². The fourth-order valence-corrected chi connectivity index (χ4v) is 0.921. The van der Waals surface area contributed by atoms with E-state index in [0.717, 1.165) is 12.4 Å². The zero-order chi connectivity index (χ0) is 8.27. The summed E-state index contributed by atoms with van der Waals surface area (Å²) in [5.41, 5.74) is 1.17. The highest BCUT2D eigenvalue weighted by molar-refractivity contribution is 5.56. The summed E-state index contributed by atoms with van der Waals surface area (Å²) in [6.07, 6.45) is 3.79. The van der Waals surface area contributed by atoms with Crippen molar-refractivity contribution < 1.29 is 0 Å². The fraction of sp³-hybridized carbons (Fsp3) is 0.500. The molecule has 1 heterocycles. The van der Waals surface area contributed by atoms with Gasteiger partial charge in [0.25, 0.3) is 0 Å². The van der Waals surface area contributed by atoms with Crippen molar-refractivity contribution in [2.75, 3.05) is 0 Å². The van der Waals surface area contributed by atoms with Gasteiger partial charge in [-0.3, -0.25) is 0 Å². The van der Waals surface area contributed by atoms with Crippen LogP contribution in [0.5, 0.6) is 0 Å². The van der Waals surface area contributed by atoms with Gasteiger partial charge in [0.1, 0.15) is 6.33 Å². The molecule has 0 saturated heterocycles. The number of nitrogens with zero attached hydrogens (tertiary/aromatic N) is 3. The first kappa shape index (κ1) is 7.98. The maximum Gasteiger partial charge on any atom is 0.159 e. The maximum atomic E-state index is 4.00. The number of rotatable bonds is 2. The highest BCUT2D eigenvalue weighted by Gasteiger charge is 2.01. The molecule has 0 aliphatic heterocycles. The SMILES string of the molecule is CC=C(C)c1nncn1CC. The number of aromatic nitrogens is 3. The zero-order valence-electron chi connectivity index (χ0n) is 7.20. The van der Waals surface area contributed by atoms with E-state index in [4.69, 9.17) is 0 Å². The topological polar surface area (TPSA) is 30.7 Å². The molecule has 1 aromatic heterocycles. The second-order valence-electron chi connectivity index (χ2n) is 2.41. The third-order valence-electron chi connectivity index (χ3n) is 1.74. The molecule has 0 unspecified atom stereocenters. The van der Waals surface area contributed by atoms with Gasteiger partial charge in [-0.25, -0.2) is 0 Å². The van der Waals surface area contributed by atoms with Crippen LogP contribution in [0.2, 0.25) is 0 Å². The molecular formula is C8H13N3. The Morgan fingerprint density at radius 1 is 1.73 bits per heavy atom. The molecule has 0 aromatic carbocycles. The summed E-state index contributed by atoms with van der Waals surface area (Å²) in [6, 6.07) is 0. The highest BCUT2D eigenvalue weighted by atomic mass is 15.3. The van der Waals surface area contributed by atoms with Gasteiger partial charge >= 0.3 is 0 Å². The zero-order valence-corrected chi connectivity index (χ0v) is 7.20. The first-order valence-corrected chi connectivity index (χ1v) is 3.80. The number of allylic oxidation sites excluding steroid dienone is 2. The Bertz CT molecular complexity index is 260. The molecule has 0 atom stereocenters. The van der Waals surface area contributed by atoms with Crippen LogP contribution < -0.4 is 0 Å². The molecule has 1 aromatic rings. The predicted molar refractivity (Wildman–Crippen MR) is 45.0 cm³/mol. The normalized spacial score (nSPS) is 12.1. The van der Waals surface area contributed by atoms with Gasteiger partial charge < -0.3 is 4.57 Å². The van der Waals surface area contributed by atoms with Crippen LogP contribution in [0, 0.1) is 0 Å². The van der Waals surface area contributed by atoms with E-state index < -0.39 is 0 Å². The van der Waals surface area contributed by atoms with E-state index in [0.29, 0.717) is 0 Å². The van der Waals surface area contributed by atoms with Gasteiger partial charge in [-0.2, -0.15) is 0 Å². The first-order chi connectivity index (χ1) is 5.29. The summed E-state index contributed by atoms with van der Waals surface area (Å²) in [5, 5.41) is 7.84. The van der Waals surface area contributed by atoms with Crippen LogP contribution in [0.25, 0.3) is 5.57 Å². The minimum atomic E-state index is 0.924. The molecule has 0 N–H and O–H groups in total. The number of hydrogen-bond donors (Lipinski definition) is 0. The molecule has 60 valence electrons. The monoisotopic (exact) mass is 151 g/mol. The predicted octanol–water partition coefficient (Wildman–Crippen LogP) is 1.72. The molecule has 3 nitrogen and oxygen atoms in total. The molecule has 0 radical (unpaired) electrons. The second-order valence-corrected chi connectivity index (χ2v) is 2.41. The third kappa shape index (κ3) is 1.48. The summed E-state index contributed by atoms with van der Waals surface area (Å²) in [4.78, 5) is 0. The van der Waals surface area contributed by atoms with Crippen LogP contribution in [0.1, 0.15) is 26.6 Å². The van der Waals surface area contributed by atoms with E-state index >= 15 is 0 Å². The van der Waals surface area contributed by atoms with Crippen molar-refractivity contribution in [3.05, 3.63) is 18.2 Å². The Hall–Kier alpha value is -1.12. The van der Waals surface area contributed by atoms with E-state index in [1.165, 1.54) is 5.57 Å². The van der Waals surface area contributed by atoms with Crippen LogP contribution in [0.15, 0.2) is 12.4 Å². The first-order valence-electron chi connectivity index (χ1n) is 3.80. The summed E-state index contributed by atoms with van der Waals surface area (Å²) < 4.78 is 2.02. The molecule has 11 heavy (non-hydrogen) atoms. The molecule has 0 fully saturated rings. The van der Waals surface area contributed by atoms with E-state index in [-0.39, 0.29) is 0 Å². The van der Waals surface area contributed by atoms with Gasteiger partial charge in [-0.15, -0.1) is 10.2 Å². The smallest absolute Gasteiger partial charge is 0.159 e. The lowest BCUT2D eigenvalue weighted by Gasteiger charge is -2.00. The van der Waals surface area contributed by atoms with E-state index in [9.17, 15) is 0 Å². The van der Waals surface area contributed by atoms with Gasteiger partial charge in [0.2, 0.25) is 0 Å². The second kappa shape index (κ2) is 3.32. The summed E-state index contributed by atoms with van der Waals surface area (Å²) in [5.74, 6) is 0.968. The lowest BCUT2D eigenvalue weighted by atomic mass is 10.3.